The largest absolute Gasteiger partial charge is 0.370 e. The van der Waals surface area contributed by atoms with E-state index in [4.69, 9.17) is 0 Å². The SMILES string of the molecule is Cc1cc2cccnc2n1Cc1ccc(NCC2CCN(C)CC2)nc1. The van der Waals surface area contributed by atoms with Crippen molar-refractivity contribution in [2.45, 2.75) is 26.3 Å². The van der Waals surface area contributed by atoms with Crippen LogP contribution in [0.4, 0.5) is 5.82 Å². The lowest BCUT2D eigenvalue weighted by Crippen LogP contribution is -2.33. The highest BCUT2D eigenvalue weighted by Gasteiger charge is 2.16. The van der Waals surface area contributed by atoms with Gasteiger partial charge in [0, 0.05) is 30.0 Å². The van der Waals surface area contributed by atoms with Crippen LogP contribution in [-0.2, 0) is 6.54 Å². The summed E-state index contributed by atoms with van der Waals surface area (Å²) in [7, 11) is 2.20. The molecule has 0 bridgehead atoms. The fourth-order valence-electron chi connectivity index (χ4n) is 3.74. The molecule has 1 aliphatic rings. The second-order valence-corrected chi connectivity index (χ2v) is 7.47. The van der Waals surface area contributed by atoms with Gasteiger partial charge in [0.25, 0.3) is 0 Å². The summed E-state index contributed by atoms with van der Waals surface area (Å²) in [4.78, 5) is 11.6. The second kappa shape index (κ2) is 7.46. The van der Waals surface area contributed by atoms with Gasteiger partial charge in [0.15, 0.2) is 0 Å². The average molecular weight is 349 g/mol. The van der Waals surface area contributed by atoms with Gasteiger partial charge in [-0.2, -0.15) is 0 Å². The zero-order valence-corrected chi connectivity index (χ0v) is 15.7. The topological polar surface area (TPSA) is 46.0 Å². The van der Waals surface area contributed by atoms with E-state index in [0.717, 1.165) is 30.5 Å². The summed E-state index contributed by atoms with van der Waals surface area (Å²) in [5.41, 5.74) is 3.46. The van der Waals surface area contributed by atoms with Crippen molar-refractivity contribution >= 4 is 16.9 Å². The Hall–Kier alpha value is -2.40. The number of nitrogens with one attached hydrogen (secondary N) is 1. The van der Waals surface area contributed by atoms with Gasteiger partial charge in [0.05, 0.1) is 6.54 Å². The summed E-state index contributed by atoms with van der Waals surface area (Å²) in [5, 5.41) is 4.70. The molecule has 5 heteroatoms. The Morgan fingerprint density at radius 1 is 1.15 bits per heavy atom. The van der Waals surface area contributed by atoms with Crippen molar-refractivity contribution in [1.29, 1.82) is 0 Å². The molecule has 5 nitrogen and oxygen atoms in total. The van der Waals surface area contributed by atoms with E-state index >= 15 is 0 Å². The van der Waals surface area contributed by atoms with Gasteiger partial charge in [0.2, 0.25) is 0 Å². The Kier molecular flexibility index (Phi) is 4.89. The minimum Gasteiger partial charge on any atom is -0.370 e. The van der Waals surface area contributed by atoms with Crippen LogP contribution in [0.2, 0.25) is 0 Å². The number of anilines is 1. The molecule has 0 spiro atoms. The summed E-state index contributed by atoms with van der Waals surface area (Å²) in [6, 6.07) is 10.5. The predicted molar refractivity (Wildman–Crippen MR) is 107 cm³/mol. The van der Waals surface area contributed by atoms with Gasteiger partial charge in [0.1, 0.15) is 11.5 Å². The molecule has 0 amide bonds. The second-order valence-electron chi connectivity index (χ2n) is 7.47. The molecule has 0 aromatic carbocycles. The molecule has 26 heavy (non-hydrogen) atoms. The van der Waals surface area contributed by atoms with Crippen LogP contribution in [0.3, 0.4) is 0 Å². The van der Waals surface area contributed by atoms with Crippen LogP contribution in [0.5, 0.6) is 0 Å². The maximum atomic E-state index is 4.61. The van der Waals surface area contributed by atoms with E-state index in [1.807, 2.05) is 18.5 Å². The lowest BCUT2D eigenvalue weighted by atomic mass is 9.97. The van der Waals surface area contributed by atoms with E-state index < -0.39 is 0 Å². The lowest BCUT2D eigenvalue weighted by Gasteiger charge is -2.29. The maximum Gasteiger partial charge on any atom is 0.140 e. The first-order valence-corrected chi connectivity index (χ1v) is 9.47. The van der Waals surface area contributed by atoms with Gasteiger partial charge < -0.3 is 14.8 Å². The summed E-state index contributed by atoms with van der Waals surface area (Å²) < 4.78 is 2.25. The normalized spacial score (nSPS) is 16.2. The van der Waals surface area contributed by atoms with Crippen LogP contribution in [0.25, 0.3) is 11.0 Å². The minimum atomic E-state index is 0.757. The van der Waals surface area contributed by atoms with Crippen LogP contribution in [0.1, 0.15) is 24.1 Å². The van der Waals surface area contributed by atoms with Gasteiger partial charge in [-0.3, -0.25) is 0 Å². The van der Waals surface area contributed by atoms with Crippen LogP contribution in [-0.4, -0.2) is 46.1 Å². The number of fused-ring (bicyclic) bond motifs is 1. The first-order valence-electron chi connectivity index (χ1n) is 9.47. The number of piperidine rings is 1. The highest BCUT2D eigenvalue weighted by Crippen LogP contribution is 2.20. The van der Waals surface area contributed by atoms with Crippen molar-refractivity contribution in [3.8, 4) is 0 Å². The molecule has 0 atom stereocenters. The Morgan fingerprint density at radius 2 is 2.00 bits per heavy atom. The number of hydrogen-bond donors (Lipinski definition) is 1. The molecule has 1 N–H and O–H groups in total. The van der Waals surface area contributed by atoms with Gasteiger partial charge in [-0.1, -0.05) is 6.07 Å². The Balaban J connectivity index is 1.39. The van der Waals surface area contributed by atoms with Crippen LogP contribution in [0.15, 0.2) is 42.7 Å². The summed E-state index contributed by atoms with van der Waals surface area (Å²) in [6.45, 7) is 6.36. The Bertz CT molecular complexity index is 860. The molecule has 4 heterocycles. The third-order valence-electron chi connectivity index (χ3n) is 5.44. The number of hydrogen-bond acceptors (Lipinski definition) is 4. The van der Waals surface area contributed by atoms with E-state index in [-0.39, 0.29) is 0 Å². The van der Waals surface area contributed by atoms with Crippen molar-refractivity contribution in [3.05, 3.63) is 54.0 Å². The number of aromatic nitrogens is 3. The number of pyridine rings is 2. The standard InChI is InChI=1S/C21H27N5/c1-16-12-19-4-3-9-22-21(19)26(16)15-18-5-6-20(24-14-18)23-13-17-7-10-25(2)11-8-17/h3-6,9,12,14,17H,7-8,10-11,13,15H2,1-2H3,(H,23,24). The van der Waals surface area contributed by atoms with E-state index in [1.54, 1.807) is 0 Å². The number of aryl methyl sites for hydroxylation is 1. The van der Waals surface area contributed by atoms with Crippen molar-refractivity contribution in [3.63, 3.8) is 0 Å². The van der Waals surface area contributed by atoms with E-state index in [1.165, 1.54) is 42.6 Å². The Morgan fingerprint density at radius 3 is 2.77 bits per heavy atom. The number of rotatable bonds is 5. The first-order chi connectivity index (χ1) is 12.7. The molecule has 1 saturated heterocycles. The van der Waals surface area contributed by atoms with Crippen LogP contribution < -0.4 is 5.32 Å². The zero-order chi connectivity index (χ0) is 17.9. The van der Waals surface area contributed by atoms with Crippen molar-refractivity contribution in [2.24, 2.45) is 5.92 Å². The molecule has 0 saturated carbocycles. The first kappa shape index (κ1) is 17.0. The smallest absolute Gasteiger partial charge is 0.140 e. The monoisotopic (exact) mass is 349 g/mol. The molecule has 136 valence electrons. The van der Waals surface area contributed by atoms with Gasteiger partial charge in [-0.15, -0.1) is 0 Å². The highest BCUT2D eigenvalue weighted by atomic mass is 15.1. The maximum absolute atomic E-state index is 4.61. The van der Waals surface area contributed by atoms with Crippen LogP contribution >= 0.6 is 0 Å². The van der Waals surface area contributed by atoms with Crippen LogP contribution in [0, 0.1) is 12.8 Å². The molecule has 1 fully saturated rings. The molecular formula is C21H27N5. The van der Waals surface area contributed by atoms with Crippen molar-refractivity contribution in [2.75, 3.05) is 32.0 Å². The Labute approximate surface area is 155 Å². The molecule has 3 aromatic rings. The van der Waals surface area contributed by atoms with Gasteiger partial charge in [-0.25, -0.2) is 9.97 Å². The highest BCUT2D eigenvalue weighted by molar-refractivity contribution is 5.77. The van der Waals surface area contributed by atoms with E-state index in [0.29, 0.717) is 0 Å². The third kappa shape index (κ3) is 3.73. The third-order valence-corrected chi connectivity index (χ3v) is 5.44. The zero-order valence-electron chi connectivity index (χ0n) is 15.7. The summed E-state index contributed by atoms with van der Waals surface area (Å²) in [6.07, 6.45) is 6.38. The molecule has 0 radical (unpaired) electrons. The lowest BCUT2D eigenvalue weighted by molar-refractivity contribution is 0.226. The molecular weight excluding hydrogens is 322 g/mol. The fourth-order valence-corrected chi connectivity index (χ4v) is 3.74. The molecule has 0 unspecified atom stereocenters. The molecule has 4 rings (SSSR count). The van der Waals surface area contributed by atoms with E-state index in [2.05, 4.69) is 63.0 Å². The van der Waals surface area contributed by atoms with Crippen molar-refractivity contribution in [1.82, 2.24) is 19.4 Å². The molecule has 3 aromatic heterocycles. The quantitative estimate of drug-likeness (QED) is 0.765. The summed E-state index contributed by atoms with van der Waals surface area (Å²) >= 11 is 0. The average Bonchev–Trinajstić information content (AvgIpc) is 2.98. The van der Waals surface area contributed by atoms with Crippen molar-refractivity contribution < 1.29 is 0 Å². The van der Waals surface area contributed by atoms with Gasteiger partial charge >= 0.3 is 0 Å². The van der Waals surface area contributed by atoms with E-state index in [9.17, 15) is 0 Å². The number of nitrogens with zero attached hydrogens (tertiary/aromatic N) is 4. The minimum absolute atomic E-state index is 0.757. The molecule has 1 aliphatic heterocycles. The molecule has 0 aliphatic carbocycles. The summed E-state index contributed by atoms with van der Waals surface area (Å²) in [5.74, 6) is 1.73. The van der Waals surface area contributed by atoms with Gasteiger partial charge in [-0.05, 0) is 75.6 Å². The number of likely N-dealkylation sites (tertiary alicyclic amines) is 1. The fraction of sp³-hybridized carbons (Fsp3) is 0.429. The predicted octanol–water partition coefficient (Wildman–Crippen LogP) is 3.54.